The molecule has 1 N–H and O–H groups in total. The molecule has 1 aromatic heterocycles. The average molecular weight is 293 g/mol. The predicted octanol–water partition coefficient (Wildman–Crippen LogP) is 2.82. The second-order valence-corrected chi connectivity index (χ2v) is 5.25. The minimum absolute atomic E-state index is 0.729. The van der Waals surface area contributed by atoms with E-state index in [4.69, 9.17) is 11.6 Å². The molecule has 2 aromatic rings. The van der Waals surface area contributed by atoms with Crippen molar-refractivity contribution in [1.82, 2.24) is 14.9 Å². The molecule has 5 heteroatoms. The third-order valence-electron chi connectivity index (χ3n) is 3.32. The van der Waals surface area contributed by atoms with Crippen molar-refractivity contribution in [2.45, 2.75) is 20.0 Å². The molecule has 0 aliphatic heterocycles. The van der Waals surface area contributed by atoms with Gasteiger partial charge in [-0.1, -0.05) is 30.7 Å². The van der Waals surface area contributed by atoms with Crippen molar-refractivity contribution in [3.63, 3.8) is 0 Å². The van der Waals surface area contributed by atoms with Gasteiger partial charge in [0, 0.05) is 33.0 Å². The molecular weight excluding hydrogens is 272 g/mol. The van der Waals surface area contributed by atoms with Crippen molar-refractivity contribution in [2.24, 2.45) is 7.05 Å². The molecule has 0 bridgehead atoms. The summed E-state index contributed by atoms with van der Waals surface area (Å²) in [5, 5.41) is 4.13. The van der Waals surface area contributed by atoms with E-state index < -0.39 is 0 Å². The highest BCUT2D eigenvalue weighted by molar-refractivity contribution is 6.33. The van der Waals surface area contributed by atoms with Gasteiger partial charge in [0.25, 0.3) is 0 Å². The normalized spacial score (nSPS) is 10.8. The lowest BCUT2D eigenvalue weighted by Crippen LogP contribution is -2.22. The third-order valence-corrected chi connectivity index (χ3v) is 3.62. The Morgan fingerprint density at radius 2 is 2.20 bits per heavy atom. The number of imidazole rings is 1. The second kappa shape index (κ2) is 6.77. The van der Waals surface area contributed by atoms with Crippen LogP contribution in [-0.4, -0.2) is 23.1 Å². The minimum atomic E-state index is 0.729. The zero-order valence-electron chi connectivity index (χ0n) is 12.2. The first kappa shape index (κ1) is 14.9. The SMILES string of the molecule is CCNCc1cccc(Cl)c1N(C)Cc1nccn1C. The maximum atomic E-state index is 6.39. The first-order valence-corrected chi connectivity index (χ1v) is 7.16. The Balaban J connectivity index is 2.24. The highest BCUT2D eigenvalue weighted by Gasteiger charge is 2.13. The first-order chi connectivity index (χ1) is 9.63. The van der Waals surface area contributed by atoms with Crippen molar-refractivity contribution in [2.75, 3.05) is 18.5 Å². The van der Waals surface area contributed by atoms with Gasteiger partial charge >= 0.3 is 0 Å². The van der Waals surface area contributed by atoms with E-state index in [1.165, 1.54) is 5.56 Å². The number of aryl methyl sites for hydroxylation is 1. The molecule has 4 nitrogen and oxygen atoms in total. The lowest BCUT2D eigenvalue weighted by atomic mass is 10.1. The number of para-hydroxylation sites is 1. The standard InChI is InChI=1S/C15H21ClN4/c1-4-17-10-12-6-5-7-13(16)15(12)20(3)11-14-18-8-9-19(14)2/h5-9,17H,4,10-11H2,1-3H3. The van der Waals surface area contributed by atoms with Crippen LogP contribution in [0.4, 0.5) is 5.69 Å². The summed E-state index contributed by atoms with van der Waals surface area (Å²) >= 11 is 6.39. The lowest BCUT2D eigenvalue weighted by molar-refractivity contribution is 0.717. The fourth-order valence-corrected chi connectivity index (χ4v) is 2.57. The summed E-state index contributed by atoms with van der Waals surface area (Å²) in [5.74, 6) is 1.02. The molecule has 20 heavy (non-hydrogen) atoms. The fourth-order valence-electron chi connectivity index (χ4n) is 2.23. The van der Waals surface area contributed by atoms with Crippen LogP contribution in [0.2, 0.25) is 5.02 Å². The Morgan fingerprint density at radius 1 is 1.40 bits per heavy atom. The van der Waals surface area contributed by atoms with E-state index in [1.54, 1.807) is 0 Å². The van der Waals surface area contributed by atoms with Gasteiger partial charge in [0.2, 0.25) is 0 Å². The predicted molar refractivity (Wildman–Crippen MR) is 84.1 cm³/mol. The molecule has 0 aliphatic rings. The van der Waals surface area contributed by atoms with E-state index in [1.807, 2.05) is 43.2 Å². The van der Waals surface area contributed by atoms with Crippen LogP contribution in [0.3, 0.4) is 0 Å². The molecular formula is C15H21ClN4. The minimum Gasteiger partial charge on any atom is -0.366 e. The highest BCUT2D eigenvalue weighted by Crippen LogP contribution is 2.30. The van der Waals surface area contributed by atoms with Gasteiger partial charge < -0.3 is 14.8 Å². The Morgan fingerprint density at radius 3 is 2.85 bits per heavy atom. The highest BCUT2D eigenvalue weighted by atomic mass is 35.5. The number of hydrogen-bond donors (Lipinski definition) is 1. The number of halogens is 1. The number of aromatic nitrogens is 2. The summed E-state index contributed by atoms with van der Waals surface area (Å²) in [6.07, 6.45) is 3.77. The van der Waals surface area contributed by atoms with Crippen molar-refractivity contribution in [1.29, 1.82) is 0 Å². The largest absolute Gasteiger partial charge is 0.366 e. The zero-order valence-corrected chi connectivity index (χ0v) is 13.0. The Bertz CT molecular complexity index is 565. The van der Waals surface area contributed by atoms with E-state index in [-0.39, 0.29) is 0 Å². The number of benzene rings is 1. The van der Waals surface area contributed by atoms with Crippen molar-refractivity contribution >= 4 is 17.3 Å². The summed E-state index contributed by atoms with van der Waals surface area (Å²) in [6, 6.07) is 6.03. The van der Waals surface area contributed by atoms with Crippen LogP contribution in [0, 0.1) is 0 Å². The molecule has 0 spiro atoms. The van der Waals surface area contributed by atoms with Crippen molar-refractivity contribution in [3.05, 3.63) is 47.0 Å². The quantitative estimate of drug-likeness (QED) is 0.889. The van der Waals surface area contributed by atoms with Crippen LogP contribution in [0.1, 0.15) is 18.3 Å². The number of nitrogens with one attached hydrogen (secondary N) is 1. The van der Waals surface area contributed by atoms with Gasteiger partial charge in [-0.2, -0.15) is 0 Å². The van der Waals surface area contributed by atoms with Crippen LogP contribution >= 0.6 is 11.6 Å². The fraction of sp³-hybridized carbons (Fsp3) is 0.400. The monoisotopic (exact) mass is 292 g/mol. The summed E-state index contributed by atoms with van der Waals surface area (Å²) in [6.45, 7) is 4.58. The van der Waals surface area contributed by atoms with E-state index in [0.717, 1.165) is 36.2 Å². The van der Waals surface area contributed by atoms with E-state index in [9.17, 15) is 0 Å². The number of anilines is 1. The first-order valence-electron chi connectivity index (χ1n) is 6.79. The van der Waals surface area contributed by atoms with Gasteiger partial charge in [-0.25, -0.2) is 4.98 Å². The summed E-state index contributed by atoms with van der Waals surface area (Å²) < 4.78 is 2.03. The van der Waals surface area contributed by atoms with E-state index in [2.05, 4.69) is 28.2 Å². The van der Waals surface area contributed by atoms with E-state index in [0.29, 0.717) is 0 Å². The van der Waals surface area contributed by atoms with Crippen LogP contribution in [0.5, 0.6) is 0 Å². The second-order valence-electron chi connectivity index (χ2n) is 4.84. The smallest absolute Gasteiger partial charge is 0.127 e. The molecule has 0 saturated carbocycles. The molecule has 2 rings (SSSR count). The maximum Gasteiger partial charge on any atom is 0.127 e. The van der Waals surface area contributed by atoms with Gasteiger partial charge in [0.15, 0.2) is 0 Å². The Labute approximate surface area is 125 Å². The lowest BCUT2D eigenvalue weighted by Gasteiger charge is -2.23. The number of rotatable bonds is 6. The molecule has 0 amide bonds. The van der Waals surface area contributed by atoms with Gasteiger partial charge in [-0.05, 0) is 18.2 Å². The molecule has 108 valence electrons. The third kappa shape index (κ3) is 3.32. The molecule has 0 atom stereocenters. The van der Waals surface area contributed by atoms with Gasteiger partial charge in [0.05, 0.1) is 17.3 Å². The molecule has 0 fully saturated rings. The molecule has 1 aromatic carbocycles. The molecule has 1 heterocycles. The molecule has 0 radical (unpaired) electrons. The Hall–Kier alpha value is -1.52. The Kier molecular flexibility index (Phi) is 5.04. The van der Waals surface area contributed by atoms with Gasteiger partial charge in [-0.15, -0.1) is 0 Å². The molecule has 0 unspecified atom stereocenters. The topological polar surface area (TPSA) is 33.1 Å². The molecule has 0 saturated heterocycles. The van der Waals surface area contributed by atoms with Crippen LogP contribution in [-0.2, 0) is 20.1 Å². The summed E-state index contributed by atoms with van der Waals surface area (Å²) in [4.78, 5) is 6.52. The van der Waals surface area contributed by atoms with Gasteiger partial charge in [0.1, 0.15) is 5.82 Å². The summed E-state index contributed by atoms with van der Waals surface area (Å²) in [7, 11) is 4.05. The maximum absolute atomic E-state index is 6.39. The van der Waals surface area contributed by atoms with Crippen molar-refractivity contribution < 1.29 is 0 Å². The summed E-state index contributed by atoms with van der Waals surface area (Å²) in [5.41, 5.74) is 2.27. The molecule has 0 aliphatic carbocycles. The van der Waals surface area contributed by atoms with Gasteiger partial charge in [-0.3, -0.25) is 0 Å². The number of nitrogens with zero attached hydrogens (tertiary/aromatic N) is 3. The van der Waals surface area contributed by atoms with Crippen molar-refractivity contribution in [3.8, 4) is 0 Å². The number of hydrogen-bond acceptors (Lipinski definition) is 3. The van der Waals surface area contributed by atoms with E-state index >= 15 is 0 Å². The van der Waals surface area contributed by atoms with Crippen LogP contribution in [0.15, 0.2) is 30.6 Å². The average Bonchev–Trinajstić information content (AvgIpc) is 2.81. The van der Waals surface area contributed by atoms with Crippen LogP contribution < -0.4 is 10.2 Å². The van der Waals surface area contributed by atoms with Crippen LogP contribution in [0.25, 0.3) is 0 Å². The zero-order chi connectivity index (χ0) is 14.5.